The summed E-state index contributed by atoms with van der Waals surface area (Å²) < 4.78 is 7.36. The highest BCUT2D eigenvalue weighted by molar-refractivity contribution is 6.04. The maximum Gasteiger partial charge on any atom is 0.344 e. The summed E-state index contributed by atoms with van der Waals surface area (Å²) >= 11 is 0. The molecular formula is C28H29N3O6. The molecule has 37 heavy (non-hydrogen) atoms. The molecule has 9 heteroatoms. The summed E-state index contributed by atoms with van der Waals surface area (Å²) in [5, 5.41) is 21.7. The van der Waals surface area contributed by atoms with Gasteiger partial charge in [-0.05, 0) is 49.4 Å². The monoisotopic (exact) mass is 503 g/mol. The van der Waals surface area contributed by atoms with Crippen molar-refractivity contribution >= 4 is 22.8 Å². The number of hydrogen-bond acceptors (Lipinski definition) is 7. The lowest BCUT2D eigenvalue weighted by Gasteiger charge is -2.41. The number of carboxylic acid groups (broad SMARTS) is 1. The first-order chi connectivity index (χ1) is 17.8. The number of aryl methyl sites for hydroxylation is 1. The minimum absolute atomic E-state index is 0.0639. The number of carboxylic acids is 1. The van der Waals surface area contributed by atoms with Gasteiger partial charge in [0.2, 0.25) is 0 Å². The van der Waals surface area contributed by atoms with Crippen molar-refractivity contribution in [3.8, 4) is 11.4 Å². The molecule has 2 atom stereocenters. The molecule has 9 nitrogen and oxygen atoms in total. The number of nitrogens with zero attached hydrogens (tertiary/aromatic N) is 3. The van der Waals surface area contributed by atoms with Crippen LogP contribution in [0.2, 0.25) is 0 Å². The molecule has 0 saturated carbocycles. The van der Waals surface area contributed by atoms with E-state index in [-0.39, 0.29) is 29.7 Å². The third kappa shape index (κ3) is 3.37. The molecule has 3 aliphatic rings. The average Bonchev–Trinajstić information content (AvgIpc) is 3.27. The molecule has 0 aliphatic carbocycles. The Balaban J connectivity index is 1.60. The number of likely N-dealkylation sites (tertiary alicyclic amines) is 1. The van der Waals surface area contributed by atoms with Crippen LogP contribution in [0.3, 0.4) is 0 Å². The number of benzene rings is 1. The van der Waals surface area contributed by atoms with Crippen molar-refractivity contribution in [3.05, 3.63) is 62.4 Å². The molecule has 0 radical (unpaired) electrons. The molecule has 5 heterocycles. The normalized spacial score (nSPS) is 22.9. The number of hydrogen-bond donors (Lipinski definition) is 2. The molecule has 2 aromatic heterocycles. The minimum Gasteiger partial charge on any atom is -0.478 e. The lowest BCUT2D eigenvalue weighted by atomic mass is 9.84. The fraction of sp³-hybridized carbons (Fsp3) is 0.429. The quantitative estimate of drug-likeness (QED) is 0.407. The zero-order valence-corrected chi connectivity index (χ0v) is 20.9. The third-order valence-corrected chi connectivity index (χ3v) is 8.15. The van der Waals surface area contributed by atoms with E-state index < -0.39 is 23.8 Å². The first-order valence-electron chi connectivity index (χ1n) is 12.9. The van der Waals surface area contributed by atoms with Gasteiger partial charge < -0.3 is 19.5 Å². The molecule has 0 amide bonds. The molecule has 1 aromatic carbocycles. The number of fused-ring (bicyclic) bond motifs is 5. The van der Waals surface area contributed by atoms with Crippen molar-refractivity contribution in [2.24, 2.45) is 0 Å². The number of cyclic esters (lactones) is 1. The van der Waals surface area contributed by atoms with Crippen LogP contribution in [0.15, 0.2) is 29.1 Å². The maximum atomic E-state index is 14.0. The molecule has 3 aromatic rings. The Morgan fingerprint density at radius 3 is 2.59 bits per heavy atom. The van der Waals surface area contributed by atoms with Crippen LogP contribution in [-0.2, 0) is 28.1 Å². The van der Waals surface area contributed by atoms with Crippen LogP contribution >= 0.6 is 0 Å². The average molecular weight is 504 g/mol. The summed E-state index contributed by atoms with van der Waals surface area (Å²) in [5.74, 6) is -1.78. The van der Waals surface area contributed by atoms with Crippen molar-refractivity contribution < 1.29 is 24.5 Å². The van der Waals surface area contributed by atoms with Gasteiger partial charge in [0.05, 0.1) is 34.6 Å². The summed E-state index contributed by atoms with van der Waals surface area (Å²) in [6.45, 7) is 5.30. The van der Waals surface area contributed by atoms with Gasteiger partial charge in [-0.3, -0.25) is 9.69 Å². The van der Waals surface area contributed by atoms with E-state index in [9.17, 15) is 24.6 Å². The number of rotatable bonds is 4. The number of aromatic nitrogens is 2. The SMILES string of the molecule is CCc1ccc(C(=O)O)c2cc3c(nc12)-c1cc2c(c(=O)n1C3)C(N1CCCCC1)OC(=O)[C@]2(O)CC. The number of aliphatic hydroxyl groups is 1. The largest absolute Gasteiger partial charge is 0.478 e. The number of esters is 1. The Morgan fingerprint density at radius 1 is 1.16 bits per heavy atom. The zero-order chi connectivity index (χ0) is 26.1. The second-order valence-electron chi connectivity index (χ2n) is 10.1. The lowest BCUT2D eigenvalue weighted by Crippen LogP contribution is -2.50. The lowest BCUT2D eigenvalue weighted by molar-refractivity contribution is -0.191. The number of pyridine rings is 2. The standard InChI is InChI=1S/C28H29N3O6/c1-3-15-8-9-17(26(33)34)18-12-16-14-31-20(23(16)29-22(15)18)13-19-21(24(31)32)25(30-10-6-5-7-11-30)37-27(35)28(19,36)4-2/h8-9,12-13,25,36H,3-7,10-11,14H2,1-2H3,(H,33,34)/t25?,28-/m0/s1. The Hall–Kier alpha value is -3.56. The summed E-state index contributed by atoms with van der Waals surface area (Å²) in [5.41, 5.74) is 1.78. The molecular weight excluding hydrogens is 474 g/mol. The molecule has 0 spiro atoms. The molecule has 1 saturated heterocycles. The van der Waals surface area contributed by atoms with Gasteiger partial charge in [-0.1, -0.05) is 26.3 Å². The van der Waals surface area contributed by atoms with Crippen molar-refractivity contribution in [3.63, 3.8) is 0 Å². The molecule has 3 aliphatic heterocycles. The fourth-order valence-electron chi connectivity index (χ4n) is 6.05. The van der Waals surface area contributed by atoms with Gasteiger partial charge in [0.15, 0.2) is 11.8 Å². The molecule has 1 fully saturated rings. The first-order valence-corrected chi connectivity index (χ1v) is 12.9. The van der Waals surface area contributed by atoms with Crippen LogP contribution in [-0.4, -0.2) is 49.7 Å². The summed E-state index contributed by atoms with van der Waals surface area (Å²) in [7, 11) is 0. The van der Waals surface area contributed by atoms with Gasteiger partial charge >= 0.3 is 11.9 Å². The van der Waals surface area contributed by atoms with Crippen LogP contribution < -0.4 is 5.56 Å². The van der Waals surface area contributed by atoms with E-state index in [4.69, 9.17) is 9.72 Å². The van der Waals surface area contributed by atoms with E-state index in [1.807, 2.05) is 17.9 Å². The van der Waals surface area contributed by atoms with Gasteiger partial charge in [-0.15, -0.1) is 0 Å². The van der Waals surface area contributed by atoms with Crippen LogP contribution in [0.1, 0.15) is 78.4 Å². The van der Waals surface area contributed by atoms with E-state index in [2.05, 4.69) is 0 Å². The van der Waals surface area contributed by atoms with E-state index in [1.54, 1.807) is 29.7 Å². The van der Waals surface area contributed by atoms with Gasteiger partial charge in [0.25, 0.3) is 5.56 Å². The van der Waals surface area contributed by atoms with Crippen LogP contribution in [0.5, 0.6) is 0 Å². The van der Waals surface area contributed by atoms with Gasteiger partial charge in [0, 0.05) is 29.6 Å². The second-order valence-corrected chi connectivity index (χ2v) is 10.1. The van der Waals surface area contributed by atoms with Crippen molar-refractivity contribution in [1.29, 1.82) is 0 Å². The zero-order valence-electron chi connectivity index (χ0n) is 20.9. The Morgan fingerprint density at radius 2 is 1.92 bits per heavy atom. The predicted molar refractivity (Wildman–Crippen MR) is 135 cm³/mol. The molecule has 192 valence electrons. The van der Waals surface area contributed by atoms with Gasteiger partial charge in [-0.2, -0.15) is 0 Å². The summed E-state index contributed by atoms with van der Waals surface area (Å²) in [6, 6.07) is 6.89. The van der Waals surface area contributed by atoms with Gasteiger partial charge in [-0.25, -0.2) is 14.6 Å². The van der Waals surface area contributed by atoms with Crippen LogP contribution in [0, 0.1) is 0 Å². The molecule has 2 N–H and O–H groups in total. The van der Waals surface area contributed by atoms with E-state index in [0.29, 0.717) is 47.4 Å². The highest BCUT2D eigenvalue weighted by Gasteiger charge is 2.50. The molecule has 0 bridgehead atoms. The second kappa shape index (κ2) is 8.49. The highest BCUT2D eigenvalue weighted by atomic mass is 16.6. The van der Waals surface area contributed by atoms with E-state index in [0.717, 1.165) is 30.4 Å². The number of piperidine rings is 1. The number of carbonyl (C=O) groups is 2. The maximum absolute atomic E-state index is 14.0. The fourth-order valence-corrected chi connectivity index (χ4v) is 6.05. The topological polar surface area (TPSA) is 122 Å². The van der Waals surface area contributed by atoms with Crippen molar-refractivity contribution in [2.45, 2.75) is 64.3 Å². The minimum atomic E-state index is -1.93. The number of ether oxygens (including phenoxy) is 1. The van der Waals surface area contributed by atoms with Crippen LogP contribution in [0.4, 0.5) is 0 Å². The number of aromatic carboxylic acids is 1. The summed E-state index contributed by atoms with van der Waals surface area (Å²) in [6.07, 6.45) is 2.86. The predicted octanol–water partition coefficient (Wildman–Crippen LogP) is 3.32. The molecule has 1 unspecified atom stereocenters. The highest BCUT2D eigenvalue weighted by Crippen LogP contribution is 2.43. The van der Waals surface area contributed by atoms with E-state index >= 15 is 0 Å². The van der Waals surface area contributed by atoms with Gasteiger partial charge in [0.1, 0.15) is 0 Å². The number of carbonyl (C=O) groups excluding carboxylic acids is 1. The summed E-state index contributed by atoms with van der Waals surface area (Å²) in [4.78, 5) is 45.9. The first kappa shape index (κ1) is 23.8. The Bertz CT molecular complexity index is 1540. The Kier molecular flexibility index (Phi) is 5.47. The van der Waals surface area contributed by atoms with Crippen LogP contribution in [0.25, 0.3) is 22.3 Å². The smallest absolute Gasteiger partial charge is 0.344 e. The molecule has 6 rings (SSSR count). The van der Waals surface area contributed by atoms with Crippen molar-refractivity contribution in [2.75, 3.05) is 13.1 Å². The van der Waals surface area contributed by atoms with E-state index in [1.165, 1.54) is 0 Å². The third-order valence-electron chi connectivity index (χ3n) is 8.15. The van der Waals surface area contributed by atoms with Crippen molar-refractivity contribution in [1.82, 2.24) is 14.5 Å². The Labute approximate surface area is 213 Å².